The van der Waals surface area contributed by atoms with Crippen LogP contribution >= 0.6 is 0 Å². The molecule has 0 aromatic heterocycles. The molecule has 0 aliphatic carbocycles. The molecule has 8 heteroatoms. The molecule has 0 unspecified atom stereocenters. The molecule has 1 N–H and O–H groups in total. The summed E-state index contributed by atoms with van der Waals surface area (Å²) in [4.78, 5) is 29.4. The number of carbonyl (C=O) groups excluding carboxylic acids is 2. The van der Waals surface area contributed by atoms with Gasteiger partial charge in [-0.1, -0.05) is 97.9 Å². The fraction of sp³-hybridized carbons (Fsp3) is 0.235. The quantitative estimate of drug-likeness (QED) is 0.250. The second-order valence-corrected chi connectivity index (χ2v) is 11.9. The number of likely N-dealkylation sites (N-methyl/N-ethyl adjacent to an activating group) is 1. The van der Waals surface area contributed by atoms with Crippen LogP contribution in [0.25, 0.3) is 0 Å². The van der Waals surface area contributed by atoms with Gasteiger partial charge in [0, 0.05) is 20.0 Å². The van der Waals surface area contributed by atoms with Crippen LogP contribution in [0.5, 0.6) is 0 Å². The van der Waals surface area contributed by atoms with E-state index in [9.17, 15) is 18.0 Å². The SMILES string of the molecule is CCc1ccccc1N(CC(=O)N(Cc1ccccc1C)[C@@H](Cc1ccccc1)C(=O)NC)S(=O)(=O)c1ccccc1. The minimum Gasteiger partial charge on any atom is -0.357 e. The Labute approximate surface area is 248 Å². The Morgan fingerprint density at radius 1 is 0.786 bits per heavy atom. The third kappa shape index (κ3) is 7.06. The molecule has 0 fully saturated rings. The van der Waals surface area contributed by atoms with E-state index in [2.05, 4.69) is 5.32 Å². The number of benzene rings is 4. The standard InChI is InChI=1S/C34H37N3O4S/c1-4-28-18-13-14-22-31(28)37(42(40,41)30-20-9-6-10-21-30)25-33(38)36(24-29-19-12-11-15-26(29)2)32(34(39)35-3)23-27-16-7-5-8-17-27/h5-22,32H,4,23-25H2,1-3H3,(H,35,39)/t32-/m0/s1. The lowest BCUT2D eigenvalue weighted by atomic mass is 10.0. The summed E-state index contributed by atoms with van der Waals surface area (Å²) in [5, 5.41) is 2.72. The fourth-order valence-electron chi connectivity index (χ4n) is 4.98. The van der Waals surface area contributed by atoms with Crippen molar-refractivity contribution in [3.05, 3.63) is 131 Å². The Kier molecular flexibility index (Phi) is 10.1. The van der Waals surface area contributed by atoms with Crippen LogP contribution in [0.4, 0.5) is 5.69 Å². The molecule has 2 amide bonds. The minimum absolute atomic E-state index is 0.0845. The summed E-state index contributed by atoms with van der Waals surface area (Å²) in [5.74, 6) is -0.805. The number of amides is 2. The summed E-state index contributed by atoms with van der Waals surface area (Å²) >= 11 is 0. The van der Waals surface area contributed by atoms with E-state index in [0.29, 0.717) is 12.1 Å². The fourth-order valence-corrected chi connectivity index (χ4v) is 6.45. The molecule has 42 heavy (non-hydrogen) atoms. The van der Waals surface area contributed by atoms with Crippen molar-refractivity contribution < 1.29 is 18.0 Å². The first-order valence-corrected chi connectivity index (χ1v) is 15.5. The second-order valence-electron chi connectivity index (χ2n) is 10.1. The Morgan fingerprint density at radius 3 is 1.98 bits per heavy atom. The van der Waals surface area contributed by atoms with E-state index in [0.717, 1.165) is 22.3 Å². The summed E-state index contributed by atoms with van der Waals surface area (Å²) < 4.78 is 29.4. The lowest BCUT2D eigenvalue weighted by Gasteiger charge is -2.34. The van der Waals surface area contributed by atoms with Crippen molar-refractivity contribution in [2.24, 2.45) is 0 Å². The number of anilines is 1. The maximum absolute atomic E-state index is 14.4. The minimum atomic E-state index is -4.12. The van der Waals surface area contributed by atoms with Gasteiger partial charge >= 0.3 is 0 Å². The number of hydrogen-bond donors (Lipinski definition) is 1. The number of nitrogens with zero attached hydrogens (tertiary/aromatic N) is 2. The zero-order valence-electron chi connectivity index (χ0n) is 24.2. The van der Waals surface area contributed by atoms with Gasteiger partial charge in [0.2, 0.25) is 11.8 Å². The van der Waals surface area contributed by atoms with Gasteiger partial charge in [-0.25, -0.2) is 8.42 Å². The van der Waals surface area contributed by atoms with Crippen molar-refractivity contribution in [3.8, 4) is 0 Å². The van der Waals surface area contributed by atoms with E-state index in [1.54, 1.807) is 37.4 Å². The highest BCUT2D eigenvalue weighted by atomic mass is 32.2. The van der Waals surface area contributed by atoms with Gasteiger partial charge in [-0.3, -0.25) is 13.9 Å². The van der Waals surface area contributed by atoms with Gasteiger partial charge in [0.25, 0.3) is 10.0 Å². The average molecular weight is 584 g/mol. The highest BCUT2D eigenvalue weighted by Gasteiger charge is 2.35. The lowest BCUT2D eigenvalue weighted by molar-refractivity contribution is -0.139. The normalized spacial score (nSPS) is 11.9. The van der Waals surface area contributed by atoms with Gasteiger partial charge in [-0.2, -0.15) is 0 Å². The number of sulfonamides is 1. The second kappa shape index (κ2) is 14.0. The predicted octanol–water partition coefficient (Wildman–Crippen LogP) is 5.14. The van der Waals surface area contributed by atoms with Gasteiger partial charge in [0.15, 0.2) is 0 Å². The number of hydrogen-bond acceptors (Lipinski definition) is 4. The van der Waals surface area contributed by atoms with Crippen LogP contribution < -0.4 is 9.62 Å². The molecule has 0 radical (unpaired) electrons. The van der Waals surface area contributed by atoms with E-state index in [4.69, 9.17) is 0 Å². The third-order valence-electron chi connectivity index (χ3n) is 7.37. The Morgan fingerprint density at radius 2 is 1.36 bits per heavy atom. The zero-order chi connectivity index (χ0) is 30.1. The van der Waals surface area contributed by atoms with Gasteiger partial charge in [0.1, 0.15) is 12.6 Å². The first-order chi connectivity index (χ1) is 20.3. The van der Waals surface area contributed by atoms with Gasteiger partial charge in [-0.05, 0) is 53.8 Å². The van der Waals surface area contributed by atoms with Crippen LogP contribution in [0.2, 0.25) is 0 Å². The summed E-state index contributed by atoms with van der Waals surface area (Å²) in [7, 11) is -2.58. The van der Waals surface area contributed by atoms with E-state index in [1.807, 2.05) is 80.6 Å². The van der Waals surface area contributed by atoms with Crippen LogP contribution in [0.1, 0.15) is 29.2 Å². The summed E-state index contributed by atoms with van der Waals surface area (Å²) in [6, 6.07) is 31.6. The Hall–Kier alpha value is -4.43. The molecular weight excluding hydrogens is 546 g/mol. The first-order valence-electron chi connectivity index (χ1n) is 14.0. The summed E-state index contributed by atoms with van der Waals surface area (Å²) in [5.41, 5.74) is 3.96. The molecule has 0 saturated carbocycles. The summed E-state index contributed by atoms with van der Waals surface area (Å²) in [6.07, 6.45) is 0.849. The van der Waals surface area contributed by atoms with Crippen molar-refractivity contribution in [3.63, 3.8) is 0 Å². The molecule has 0 aliphatic rings. The summed E-state index contributed by atoms with van der Waals surface area (Å²) in [6.45, 7) is 3.57. The molecule has 0 saturated heterocycles. The average Bonchev–Trinajstić information content (AvgIpc) is 3.02. The Bertz CT molecular complexity index is 1610. The smallest absolute Gasteiger partial charge is 0.264 e. The number of para-hydroxylation sites is 1. The monoisotopic (exact) mass is 583 g/mol. The number of rotatable bonds is 12. The van der Waals surface area contributed by atoms with E-state index >= 15 is 0 Å². The van der Waals surface area contributed by atoms with Crippen LogP contribution in [0.15, 0.2) is 114 Å². The molecule has 0 heterocycles. The maximum Gasteiger partial charge on any atom is 0.264 e. The van der Waals surface area contributed by atoms with Crippen LogP contribution in [-0.2, 0) is 39.0 Å². The van der Waals surface area contributed by atoms with Crippen molar-refractivity contribution in [1.82, 2.24) is 10.2 Å². The van der Waals surface area contributed by atoms with E-state index in [1.165, 1.54) is 21.3 Å². The topological polar surface area (TPSA) is 86.8 Å². The number of nitrogens with one attached hydrogen (secondary N) is 1. The third-order valence-corrected chi connectivity index (χ3v) is 9.14. The number of carbonyl (C=O) groups is 2. The van der Waals surface area contributed by atoms with E-state index in [-0.39, 0.29) is 23.8 Å². The largest absolute Gasteiger partial charge is 0.357 e. The van der Waals surface area contributed by atoms with Crippen molar-refractivity contribution in [2.75, 3.05) is 17.9 Å². The molecule has 0 bridgehead atoms. The molecule has 4 rings (SSSR count). The van der Waals surface area contributed by atoms with Crippen LogP contribution in [0, 0.1) is 6.92 Å². The molecule has 7 nitrogen and oxygen atoms in total. The zero-order valence-corrected chi connectivity index (χ0v) is 25.1. The van der Waals surface area contributed by atoms with Crippen molar-refractivity contribution in [1.29, 1.82) is 0 Å². The van der Waals surface area contributed by atoms with Gasteiger partial charge in [-0.15, -0.1) is 0 Å². The lowest BCUT2D eigenvalue weighted by Crippen LogP contribution is -2.53. The molecular formula is C34H37N3O4S. The highest BCUT2D eigenvalue weighted by Crippen LogP contribution is 2.28. The molecule has 4 aromatic rings. The Balaban J connectivity index is 1.82. The van der Waals surface area contributed by atoms with E-state index < -0.39 is 28.5 Å². The molecule has 218 valence electrons. The van der Waals surface area contributed by atoms with Crippen molar-refractivity contribution in [2.45, 2.75) is 44.2 Å². The highest BCUT2D eigenvalue weighted by molar-refractivity contribution is 7.92. The van der Waals surface area contributed by atoms with Crippen LogP contribution in [0.3, 0.4) is 0 Å². The molecule has 4 aromatic carbocycles. The van der Waals surface area contributed by atoms with Crippen LogP contribution in [-0.4, -0.2) is 44.8 Å². The van der Waals surface area contributed by atoms with Crippen molar-refractivity contribution >= 4 is 27.5 Å². The molecule has 0 spiro atoms. The number of aryl methyl sites for hydroxylation is 2. The van der Waals surface area contributed by atoms with Gasteiger partial charge in [0.05, 0.1) is 10.6 Å². The predicted molar refractivity (Wildman–Crippen MR) is 167 cm³/mol. The van der Waals surface area contributed by atoms with Gasteiger partial charge < -0.3 is 10.2 Å². The molecule has 1 atom stereocenters. The molecule has 0 aliphatic heterocycles. The first kappa shape index (κ1) is 30.5. The maximum atomic E-state index is 14.4.